The average molecular weight is 568 g/mol. The van der Waals surface area contributed by atoms with Crippen LogP contribution in [0.5, 0.6) is 5.75 Å². The van der Waals surface area contributed by atoms with Crippen LogP contribution in [0.25, 0.3) is 22.2 Å². The lowest BCUT2D eigenvalue weighted by Crippen LogP contribution is -2.28. The molecule has 0 bridgehead atoms. The van der Waals surface area contributed by atoms with E-state index in [2.05, 4.69) is 44.2 Å². The van der Waals surface area contributed by atoms with E-state index in [4.69, 9.17) is 16.3 Å². The molecule has 200 valence electrons. The first-order chi connectivity index (χ1) is 17.3. The number of aromatic amines is 1. The number of piperidine rings is 1. The number of aromatic nitrogens is 1. The van der Waals surface area contributed by atoms with Gasteiger partial charge in [0, 0.05) is 47.4 Å². The SMILES string of the molecule is CS(=O)(=O)NCCCOc1cc(-c2cc3cc(CN4CCCCC4)ccc3[nH]2)c2c(c1Cl)CNC2=O.Cl. The lowest BCUT2D eigenvalue weighted by Gasteiger charge is -2.26. The number of halogens is 2. The molecule has 0 spiro atoms. The smallest absolute Gasteiger partial charge is 0.252 e. The molecule has 1 fully saturated rings. The molecule has 3 N–H and O–H groups in total. The van der Waals surface area contributed by atoms with E-state index in [0.29, 0.717) is 34.9 Å². The highest BCUT2D eigenvalue weighted by molar-refractivity contribution is 7.88. The van der Waals surface area contributed by atoms with Gasteiger partial charge in [-0.25, -0.2) is 13.1 Å². The van der Waals surface area contributed by atoms with Crippen molar-refractivity contribution in [1.82, 2.24) is 19.9 Å². The summed E-state index contributed by atoms with van der Waals surface area (Å²) in [4.78, 5) is 18.7. The molecule has 3 aromatic rings. The van der Waals surface area contributed by atoms with Gasteiger partial charge >= 0.3 is 0 Å². The Bertz CT molecular complexity index is 1400. The fourth-order valence-corrected chi connectivity index (χ4v) is 5.79. The second kappa shape index (κ2) is 11.6. The molecule has 1 saturated heterocycles. The summed E-state index contributed by atoms with van der Waals surface area (Å²) in [6.07, 6.45) is 5.45. The topological polar surface area (TPSA) is 104 Å². The third-order valence-corrected chi connectivity index (χ3v) is 7.90. The van der Waals surface area contributed by atoms with Crippen molar-refractivity contribution in [2.75, 3.05) is 32.5 Å². The summed E-state index contributed by atoms with van der Waals surface area (Å²) in [5, 5.41) is 4.37. The summed E-state index contributed by atoms with van der Waals surface area (Å²) in [6, 6.07) is 10.3. The first-order valence-corrected chi connectivity index (χ1v) is 14.6. The van der Waals surface area contributed by atoms with Crippen molar-refractivity contribution in [3.63, 3.8) is 0 Å². The number of rotatable bonds is 9. The van der Waals surface area contributed by atoms with Gasteiger partial charge in [-0.2, -0.15) is 0 Å². The summed E-state index contributed by atoms with van der Waals surface area (Å²) in [7, 11) is -3.24. The molecule has 0 unspecified atom stereocenters. The van der Waals surface area contributed by atoms with Gasteiger partial charge in [-0.1, -0.05) is 24.1 Å². The van der Waals surface area contributed by atoms with Gasteiger partial charge in [-0.05, 0) is 62.2 Å². The normalized spacial score (nSPS) is 15.9. The van der Waals surface area contributed by atoms with Crippen LogP contribution in [0.3, 0.4) is 0 Å². The van der Waals surface area contributed by atoms with Crippen molar-refractivity contribution in [3.05, 3.63) is 52.0 Å². The second-order valence-corrected chi connectivity index (χ2v) is 11.8. The molecule has 0 aliphatic carbocycles. The Hall–Kier alpha value is -2.30. The van der Waals surface area contributed by atoms with Gasteiger partial charge in [0.2, 0.25) is 10.0 Å². The number of benzene rings is 2. The molecular formula is C26H32Cl2N4O4S. The van der Waals surface area contributed by atoms with E-state index in [1.54, 1.807) is 6.07 Å². The molecule has 2 aromatic carbocycles. The van der Waals surface area contributed by atoms with Crippen LogP contribution in [0.1, 0.15) is 47.2 Å². The van der Waals surface area contributed by atoms with Gasteiger partial charge in [0.1, 0.15) is 5.75 Å². The van der Waals surface area contributed by atoms with E-state index in [1.807, 2.05) is 0 Å². The minimum Gasteiger partial charge on any atom is -0.492 e. The molecule has 5 rings (SSSR count). The summed E-state index contributed by atoms with van der Waals surface area (Å²) in [5.74, 6) is 0.320. The summed E-state index contributed by atoms with van der Waals surface area (Å²) in [5.41, 5.74) is 5.12. The Balaban J connectivity index is 0.00000320. The van der Waals surface area contributed by atoms with Crippen molar-refractivity contribution >= 4 is 50.8 Å². The maximum absolute atomic E-state index is 12.7. The predicted octanol–water partition coefficient (Wildman–Crippen LogP) is 4.46. The molecule has 11 heteroatoms. The number of fused-ring (bicyclic) bond motifs is 2. The van der Waals surface area contributed by atoms with Crippen LogP contribution in [0.4, 0.5) is 0 Å². The summed E-state index contributed by atoms with van der Waals surface area (Å²) in [6.45, 7) is 4.14. The van der Waals surface area contributed by atoms with Crippen LogP contribution in [-0.4, -0.2) is 56.7 Å². The Morgan fingerprint density at radius 1 is 1.14 bits per heavy atom. The number of H-pyrrole nitrogens is 1. The van der Waals surface area contributed by atoms with E-state index in [0.717, 1.165) is 48.1 Å². The molecule has 8 nitrogen and oxygen atoms in total. The van der Waals surface area contributed by atoms with Gasteiger partial charge < -0.3 is 15.0 Å². The highest BCUT2D eigenvalue weighted by atomic mass is 35.5. The molecule has 2 aliphatic heterocycles. The predicted molar refractivity (Wildman–Crippen MR) is 149 cm³/mol. The number of carbonyl (C=O) groups is 1. The number of likely N-dealkylation sites (tertiary alicyclic amines) is 1. The van der Waals surface area contributed by atoms with E-state index >= 15 is 0 Å². The zero-order valence-electron chi connectivity index (χ0n) is 20.7. The van der Waals surface area contributed by atoms with E-state index in [9.17, 15) is 13.2 Å². The van der Waals surface area contributed by atoms with Gasteiger partial charge in [0.15, 0.2) is 0 Å². The second-order valence-electron chi connectivity index (χ2n) is 9.58. The van der Waals surface area contributed by atoms with Crippen molar-refractivity contribution in [1.29, 1.82) is 0 Å². The van der Waals surface area contributed by atoms with Crippen molar-refractivity contribution in [2.45, 2.75) is 38.8 Å². The highest BCUT2D eigenvalue weighted by Crippen LogP contribution is 2.41. The monoisotopic (exact) mass is 566 g/mol. The van der Waals surface area contributed by atoms with Crippen LogP contribution >= 0.6 is 24.0 Å². The van der Waals surface area contributed by atoms with Gasteiger partial charge in [0.25, 0.3) is 5.91 Å². The third kappa shape index (κ3) is 6.41. The van der Waals surface area contributed by atoms with Gasteiger partial charge in [0.05, 0.1) is 23.4 Å². The fraction of sp³-hybridized carbons (Fsp3) is 0.423. The number of amides is 1. The zero-order valence-corrected chi connectivity index (χ0v) is 23.1. The molecule has 0 radical (unpaired) electrons. The number of sulfonamides is 1. The zero-order chi connectivity index (χ0) is 25.3. The van der Waals surface area contributed by atoms with Crippen molar-refractivity contribution in [2.24, 2.45) is 0 Å². The molecule has 37 heavy (non-hydrogen) atoms. The number of nitrogens with one attached hydrogen (secondary N) is 3. The van der Waals surface area contributed by atoms with Crippen LogP contribution in [0.15, 0.2) is 30.3 Å². The lowest BCUT2D eigenvalue weighted by atomic mass is 9.99. The minimum atomic E-state index is -3.24. The molecule has 3 heterocycles. The Kier molecular flexibility index (Phi) is 8.70. The van der Waals surface area contributed by atoms with E-state index in [1.165, 1.54) is 24.8 Å². The third-order valence-electron chi connectivity index (χ3n) is 6.75. The Labute approximate surface area is 228 Å². The molecule has 0 saturated carbocycles. The van der Waals surface area contributed by atoms with Crippen LogP contribution in [0.2, 0.25) is 5.02 Å². The molecular weight excluding hydrogens is 535 g/mol. The first-order valence-electron chi connectivity index (χ1n) is 12.3. The summed E-state index contributed by atoms with van der Waals surface area (Å²) >= 11 is 6.61. The fourth-order valence-electron chi connectivity index (χ4n) is 5.00. The largest absolute Gasteiger partial charge is 0.492 e. The number of hydrogen-bond acceptors (Lipinski definition) is 5. The molecule has 2 aliphatic rings. The Morgan fingerprint density at radius 3 is 2.68 bits per heavy atom. The number of hydrogen-bond donors (Lipinski definition) is 3. The van der Waals surface area contributed by atoms with Gasteiger partial charge in [-0.15, -0.1) is 12.4 Å². The van der Waals surface area contributed by atoms with Crippen LogP contribution in [0, 0.1) is 0 Å². The van der Waals surface area contributed by atoms with Gasteiger partial charge in [-0.3, -0.25) is 9.69 Å². The molecule has 0 atom stereocenters. The number of ether oxygens (including phenoxy) is 1. The van der Waals surface area contributed by atoms with Crippen molar-refractivity contribution in [3.8, 4) is 17.0 Å². The maximum Gasteiger partial charge on any atom is 0.252 e. The van der Waals surface area contributed by atoms with E-state index in [-0.39, 0.29) is 31.5 Å². The number of nitrogens with zero attached hydrogens (tertiary/aromatic N) is 1. The van der Waals surface area contributed by atoms with Crippen LogP contribution in [-0.2, 0) is 23.1 Å². The number of carbonyl (C=O) groups excluding carboxylic acids is 1. The molecule has 1 amide bonds. The van der Waals surface area contributed by atoms with Crippen LogP contribution < -0.4 is 14.8 Å². The van der Waals surface area contributed by atoms with Crippen molar-refractivity contribution < 1.29 is 17.9 Å². The standard InChI is InChI=1S/C26H31ClN4O4S.ClH/c1-36(33,34)29-8-5-11-35-23-14-19(24-20(25(23)27)15-28-26(24)32)22-13-18-12-17(6-7-21(18)30-22)16-31-9-3-2-4-10-31;/h6-7,12-14,29-30H,2-5,8-11,15-16H2,1H3,(H,28,32);1H. The minimum absolute atomic E-state index is 0. The first kappa shape index (κ1) is 27.7. The highest BCUT2D eigenvalue weighted by Gasteiger charge is 2.29. The van der Waals surface area contributed by atoms with E-state index < -0.39 is 10.0 Å². The average Bonchev–Trinajstić information content (AvgIpc) is 3.44. The quantitative estimate of drug-likeness (QED) is 0.332. The lowest BCUT2D eigenvalue weighted by molar-refractivity contribution is 0.0966. The molecule has 1 aromatic heterocycles. The Morgan fingerprint density at radius 2 is 1.92 bits per heavy atom. The maximum atomic E-state index is 12.7. The summed E-state index contributed by atoms with van der Waals surface area (Å²) < 4.78 is 30.9.